The van der Waals surface area contributed by atoms with Crippen molar-refractivity contribution in [3.8, 4) is 11.5 Å². The number of benzene rings is 2. The van der Waals surface area contributed by atoms with Gasteiger partial charge in [-0.05, 0) is 48.9 Å². The molecule has 0 N–H and O–H groups in total. The fourth-order valence-corrected chi connectivity index (χ4v) is 4.96. The van der Waals surface area contributed by atoms with Crippen LogP contribution in [-0.2, 0) is 11.4 Å². The highest BCUT2D eigenvalue weighted by atomic mass is 16.5. The van der Waals surface area contributed by atoms with Crippen molar-refractivity contribution in [3.05, 3.63) is 59.7 Å². The number of urea groups is 1. The fraction of sp³-hybridized carbons (Fsp3) is 0.391. The van der Waals surface area contributed by atoms with E-state index in [-0.39, 0.29) is 18.0 Å². The van der Waals surface area contributed by atoms with Crippen LogP contribution in [0.1, 0.15) is 36.9 Å². The molecule has 3 amide bonds. The van der Waals surface area contributed by atoms with Crippen LogP contribution in [0.25, 0.3) is 0 Å². The predicted molar refractivity (Wildman–Crippen MR) is 107 cm³/mol. The van der Waals surface area contributed by atoms with Crippen molar-refractivity contribution in [2.45, 2.75) is 38.0 Å². The second-order valence-corrected chi connectivity index (χ2v) is 8.23. The number of hydrogen-bond acceptors (Lipinski definition) is 4. The Labute approximate surface area is 170 Å². The lowest BCUT2D eigenvalue weighted by molar-refractivity contribution is -0.136. The highest BCUT2D eigenvalue weighted by Crippen LogP contribution is 2.56. The standard InChI is InChI=1S/C23H24N2O4/c1-15(25-21(26)23-11-17(12-23)13-24(23)22(25)27)18-8-9-19(20(10-18)28-2)29-14-16-6-4-3-5-7-16/h3-10,15,17H,11-14H2,1-2H3. The van der Waals surface area contributed by atoms with Crippen molar-refractivity contribution >= 4 is 11.9 Å². The number of carbonyl (C=O) groups excluding carboxylic acids is 2. The van der Waals surface area contributed by atoms with Gasteiger partial charge in [-0.2, -0.15) is 0 Å². The first-order valence-corrected chi connectivity index (χ1v) is 10.0. The number of hydrogen-bond donors (Lipinski definition) is 0. The molecular formula is C23H24N2O4. The van der Waals surface area contributed by atoms with Gasteiger partial charge in [0.25, 0.3) is 5.91 Å². The Morgan fingerprint density at radius 2 is 1.86 bits per heavy atom. The van der Waals surface area contributed by atoms with Gasteiger partial charge in [0.15, 0.2) is 11.5 Å². The molecule has 1 unspecified atom stereocenters. The third-order valence-electron chi connectivity index (χ3n) is 6.56. The first-order valence-electron chi connectivity index (χ1n) is 10.0. The summed E-state index contributed by atoms with van der Waals surface area (Å²) in [6, 6.07) is 15.0. The van der Waals surface area contributed by atoms with Crippen molar-refractivity contribution in [1.29, 1.82) is 0 Å². The van der Waals surface area contributed by atoms with Gasteiger partial charge in [0.1, 0.15) is 12.1 Å². The summed E-state index contributed by atoms with van der Waals surface area (Å²) >= 11 is 0. The van der Waals surface area contributed by atoms with E-state index in [2.05, 4.69) is 0 Å². The third-order valence-corrected chi connectivity index (χ3v) is 6.56. The lowest BCUT2D eigenvalue weighted by atomic mass is 9.73. The van der Waals surface area contributed by atoms with Crippen LogP contribution in [0.5, 0.6) is 11.5 Å². The van der Waals surface area contributed by atoms with Gasteiger partial charge >= 0.3 is 6.03 Å². The number of rotatable bonds is 6. The Balaban J connectivity index is 1.36. The van der Waals surface area contributed by atoms with Crippen LogP contribution in [0.3, 0.4) is 0 Å². The maximum Gasteiger partial charge on any atom is 0.328 e. The van der Waals surface area contributed by atoms with E-state index in [0.717, 1.165) is 24.0 Å². The molecule has 1 aliphatic carbocycles. The summed E-state index contributed by atoms with van der Waals surface area (Å²) in [5, 5.41) is 0. The third kappa shape index (κ3) is 2.62. The fourth-order valence-electron chi connectivity index (χ4n) is 4.96. The molecule has 1 saturated carbocycles. The van der Waals surface area contributed by atoms with E-state index in [0.29, 0.717) is 30.6 Å². The number of amides is 3. The molecule has 0 aromatic heterocycles. The monoisotopic (exact) mass is 392 g/mol. The van der Waals surface area contributed by atoms with Gasteiger partial charge in [0, 0.05) is 6.54 Å². The summed E-state index contributed by atoms with van der Waals surface area (Å²) in [5.74, 6) is 1.67. The average Bonchev–Trinajstić information content (AvgIpc) is 3.35. The first kappa shape index (κ1) is 18.0. The van der Waals surface area contributed by atoms with Crippen LogP contribution < -0.4 is 9.47 Å². The van der Waals surface area contributed by atoms with Crippen LogP contribution in [0.2, 0.25) is 0 Å². The Kier molecular flexibility index (Phi) is 4.05. The van der Waals surface area contributed by atoms with E-state index >= 15 is 0 Å². The van der Waals surface area contributed by atoms with Gasteiger partial charge in [-0.25, -0.2) is 4.79 Å². The summed E-state index contributed by atoms with van der Waals surface area (Å²) in [5.41, 5.74) is 1.36. The molecule has 150 valence electrons. The quantitative estimate of drug-likeness (QED) is 0.703. The lowest BCUT2D eigenvalue weighted by Crippen LogP contribution is -2.49. The zero-order chi connectivity index (χ0) is 20.2. The summed E-state index contributed by atoms with van der Waals surface area (Å²) < 4.78 is 11.4. The first-order chi connectivity index (χ1) is 14.0. The molecule has 3 aliphatic heterocycles. The molecule has 6 rings (SSSR count). The summed E-state index contributed by atoms with van der Waals surface area (Å²) in [6.45, 7) is 3.04. The molecule has 1 atom stereocenters. The van der Waals surface area contributed by atoms with Crippen LogP contribution in [-0.4, -0.2) is 40.9 Å². The summed E-state index contributed by atoms with van der Waals surface area (Å²) in [6.07, 6.45) is 1.63. The molecule has 6 nitrogen and oxygen atoms in total. The predicted octanol–water partition coefficient (Wildman–Crippen LogP) is 3.76. The Morgan fingerprint density at radius 1 is 1.10 bits per heavy atom. The van der Waals surface area contributed by atoms with Crippen molar-refractivity contribution < 1.29 is 19.1 Å². The number of ether oxygens (including phenoxy) is 2. The minimum atomic E-state index is -0.557. The molecule has 2 aromatic carbocycles. The maximum absolute atomic E-state index is 13.1. The molecule has 29 heavy (non-hydrogen) atoms. The molecule has 3 heterocycles. The highest BCUT2D eigenvalue weighted by molar-refractivity contribution is 6.09. The Bertz CT molecular complexity index is 965. The zero-order valence-electron chi connectivity index (χ0n) is 16.6. The van der Waals surface area contributed by atoms with Crippen molar-refractivity contribution in [2.24, 2.45) is 5.92 Å². The van der Waals surface area contributed by atoms with E-state index in [4.69, 9.17) is 9.47 Å². The largest absolute Gasteiger partial charge is 0.493 e. The molecule has 2 aromatic rings. The van der Waals surface area contributed by atoms with Gasteiger partial charge in [0.05, 0.1) is 13.2 Å². The second kappa shape index (κ2) is 6.51. The highest BCUT2D eigenvalue weighted by Gasteiger charge is 2.69. The molecule has 4 fully saturated rings. The van der Waals surface area contributed by atoms with Gasteiger partial charge in [0.2, 0.25) is 0 Å². The topological polar surface area (TPSA) is 59.1 Å². The van der Waals surface area contributed by atoms with Gasteiger partial charge in [-0.3, -0.25) is 9.69 Å². The zero-order valence-corrected chi connectivity index (χ0v) is 16.6. The van der Waals surface area contributed by atoms with E-state index in [1.54, 1.807) is 12.0 Å². The number of imide groups is 1. The van der Waals surface area contributed by atoms with Gasteiger partial charge in [-0.15, -0.1) is 0 Å². The normalized spacial score (nSPS) is 25.7. The maximum atomic E-state index is 13.1. The summed E-state index contributed by atoms with van der Waals surface area (Å²) in [4.78, 5) is 29.2. The van der Waals surface area contributed by atoms with Gasteiger partial charge in [-0.1, -0.05) is 36.4 Å². The van der Waals surface area contributed by atoms with Crippen molar-refractivity contribution in [1.82, 2.24) is 9.80 Å². The lowest BCUT2D eigenvalue weighted by Gasteiger charge is -2.35. The number of methoxy groups -OCH3 is 1. The molecule has 4 aliphatic rings. The Hall–Kier alpha value is -3.02. The van der Waals surface area contributed by atoms with E-state index < -0.39 is 5.54 Å². The smallest absolute Gasteiger partial charge is 0.328 e. The second-order valence-electron chi connectivity index (χ2n) is 8.23. The van der Waals surface area contributed by atoms with Crippen LogP contribution in [0.4, 0.5) is 4.79 Å². The van der Waals surface area contributed by atoms with E-state index in [9.17, 15) is 9.59 Å². The molecule has 1 spiro atoms. The average molecular weight is 392 g/mol. The minimum absolute atomic E-state index is 0.0490. The van der Waals surface area contributed by atoms with Crippen molar-refractivity contribution in [3.63, 3.8) is 0 Å². The molecular weight excluding hydrogens is 368 g/mol. The van der Waals surface area contributed by atoms with Gasteiger partial charge < -0.3 is 14.4 Å². The Morgan fingerprint density at radius 3 is 2.55 bits per heavy atom. The SMILES string of the molecule is COc1cc(C(C)N2C(=O)N3CC4CC3(C4)C2=O)ccc1OCc1ccccc1. The van der Waals surface area contributed by atoms with Crippen LogP contribution in [0.15, 0.2) is 48.5 Å². The molecule has 3 saturated heterocycles. The van der Waals surface area contributed by atoms with E-state index in [1.807, 2.05) is 55.5 Å². The number of carbonyl (C=O) groups is 2. The molecule has 6 heteroatoms. The minimum Gasteiger partial charge on any atom is -0.493 e. The number of nitrogens with zero attached hydrogens (tertiary/aromatic N) is 2. The van der Waals surface area contributed by atoms with Crippen LogP contribution in [0, 0.1) is 5.92 Å². The van der Waals surface area contributed by atoms with Crippen LogP contribution >= 0.6 is 0 Å². The molecule has 0 radical (unpaired) electrons. The van der Waals surface area contributed by atoms with Crippen molar-refractivity contribution in [2.75, 3.05) is 13.7 Å². The molecule has 2 bridgehead atoms. The summed E-state index contributed by atoms with van der Waals surface area (Å²) in [7, 11) is 1.59. The van der Waals surface area contributed by atoms with E-state index in [1.165, 1.54) is 4.90 Å².